The van der Waals surface area contributed by atoms with E-state index in [2.05, 4.69) is 10.6 Å². The maximum atomic E-state index is 11.1. The number of hydrogen-bond acceptors (Lipinski definition) is 4. The van der Waals surface area contributed by atoms with Crippen LogP contribution in [0.1, 0.15) is 13.3 Å². The third kappa shape index (κ3) is 6.72. The van der Waals surface area contributed by atoms with Gasteiger partial charge >= 0.3 is 5.97 Å². The molecule has 6 heteroatoms. The molecule has 0 unspecified atom stereocenters. The summed E-state index contributed by atoms with van der Waals surface area (Å²) in [5, 5.41) is 13.8. The van der Waals surface area contributed by atoms with E-state index in [4.69, 9.17) is 5.11 Å². The van der Waals surface area contributed by atoms with Crippen LogP contribution in [0.5, 0.6) is 0 Å². The highest BCUT2D eigenvalue weighted by atomic mass is 16.4. The van der Waals surface area contributed by atoms with Crippen LogP contribution in [0.4, 0.5) is 0 Å². The van der Waals surface area contributed by atoms with E-state index >= 15 is 0 Å². The Morgan fingerprint density at radius 3 is 2.38 bits per heavy atom. The number of carboxylic acids is 1. The molecule has 16 heavy (non-hydrogen) atoms. The van der Waals surface area contributed by atoms with Gasteiger partial charge < -0.3 is 15.7 Å². The predicted octanol–water partition coefficient (Wildman–Crippen LogP) is -0.689. The average molecular weight is 228 g/mol. The normalized spacial score (nSPS) is 12.4. The number of hydrogen-bond donors (Lipinski definition) is 3. The van der Waals surface area contributed by atoms with Crippen molar-refractivity contribution < 1.29 is 19.5 Å². The lowest BCUT2D eigenvalue weighted by Gasteiger charge is -2.10. The van der Waals surface area contributed by atoms with Crippen LogP contribution in [-0.4, -0.2) is 42.4 Å². The fourth-order valence-electron chi connectivity index (χ4n) is 0.983. The van der Waals surface area contributed by atoms with Gasteiger partial charge in [0.1, 0.15) is 6.04 Å². The molecule has 0 aliphatic carbocycles. The molecule has 0 aromatic rings. The van der Waals surface area contributed by atoms with E-state index in [0.717, 1.165) is 12.2 Å². The van der Waals surface area contributed by atoms with Crippen LogP contribution in [0, 0.1) is 0 Å². The summed E-state index contributed by atoms with van der Waals surface area (Å²) in [7, 11) is 1.54. The van der Waals surface area contributed by atoms with Crippen LogP contribution in [0.25, 0.3) is 0 Å². The number of carbonyl (C=O) groups is 3. The molecule has 1 amide bonds. The molecular formula is C10H16N2O4. The first-order valence-electron chi connectivity index (χ1n) is 4.84. The number of carboxylic acid groups (broad SMARTS) is 1. The van der Waals surface area contributed by atoms with Crippen LogP contribution in [0.15, 0.2) is 12.2 Å². The molecule has 0 radical (unpaired) electrons. The van der Waals surface area contributed by atoms with Crippen molar-refractivity contribution in [2.75, 3.05) is 13.6 Å². The van der Waals surface area contributed by atoms with Gasteiger partial charge in [-0.2, -0.15) is 0 Å². The van der Waals surface area contributed by atoms with Crippen molar-refractivity contribution in [1.29, 1.82) is 0 Å². The number of rotatable bonds is 7. The predicted molar refractivity (Wildman–Crippen MR) is 57.9 cm³/mol. The van der Waals surface area contributed by atoms with Crippen molar-refractivity contribution in [2.45, 2.75) is 19.4 Å². The number of allylic oxidation sites excluding steroid dienone is 1. The van der Waals surface area contributed by atoms with Gasteiger partial charge in [-0.25, -0.2) is 0 Å². The maximum Gasteiger partial charge on any atom is 0.320 e. The van der Waals surface area contributed by atoms with E-state index in [1.165, 1.54) is 14.0 Å². The van der Waals surface area contributed by atoms with Crippen LogP contribution in [0.2, 0.25) is 0 Å². The SMILES string of the molecule is CN[C@H](CCNC(=O)/C=C/C(C)=O)C(=O)O. The molecule has 0 saturated carbocycles. The van der Waals surface area contributed by atoms with Crippen molar-refractivity contribution in [2.24, 2.45) is 0 Å². The molecule has 0 bridgehead atoms. The molecule has 0 saturated heterocycles. The van der Waals surface area contributed by atoms with Gasteiger partial charge in [0.15, 0.2) is 5.78 Å². The Balaban J connectivity index is 3.85. The fourth-order valence-corrected chi connectivity index (χ4v) is 0.983. The Hall–Kier alpha value is -1.69. The number of likely N-dealkylation sites (N-methyl/N-ethyl adjacent to an activating group) is 1. The van der Waals surface area contributed by atoms with Crippen LogP contribution in [-0.2, 0) is 14.4 Å². The van der Waals surface area contributed by atoms with E-state index in [9.17, 15) is 14.4 Å². The minimum Gasteiger partial charge on any atom is -0.480 e. The summed E-state index contributed by atoms with van der Waals surface area (Å²) >= 11 is 0. The zero-order chi connectivity index (χ0) is 12.6. The summed E-state index contributed by atoms with van der Waals surface area (Å²) < 4.78 is 0. The number of amides is 1. The molecule has 0 aromatic carbocycles. The number of aliphatic carboxylic acids is 1. The lowest BCUT2D eigenvalue weighted by atomic mass is 10.2. The molecule has 0 fully saturated rings. The van der Waals surface area contributed by atoms with E-state index in [1.54, 1.807) is 0 Å². The van der Waals surface area contributed by atoms with Gasteiger partial charge in [0.05, 0.1) is 0 Å². The lowest BCUT2D eigenvalue weighted by molar-refractivity contribution is -0.139. The first kappa shape index (κ1) is 14.3. The summed E-state index contributed by atoms with van der Waals surface area (Å²) in [6, 6.07) is -0.683. The van der Waals surface area contributed by atoms with Gasteiger partial charge in [-0.05, 0) is 26.5 Å². The molecule has 6 nitrogen and oxygen atoms in total. The molecule has 0 rings (SSSR count). The summed E-state index contributed by atoms with van der Waals surface area (Å²) in [5.41, 5.74) is 0. The largest absolute Gasteiger partial charge is 0.480 e. The minimum atomic E-state index is -0.962. The Labute approximate surface area is 93.7 Å². The maximum absolute atomic E-state index is 11.1. The van der Waals surface area contributed by atoms with Gasteiger partial charge in [0, 0.05) is 12.6 Å². The molecule has 0 heterocycles. The second kappa shape index (κ2) is 7.58. The van der Waals surface area contributed by atoms with Crippen molar-refractivity contribution in [3.63, 3.8) is 0 Å². The third-order valence-corrected chi connectivity index (χ3v) is 1.85. The highest BCUT2D eigenvalue weighted by Crippen LogP contribution is 1.89. The molecule has 90 valence electrons. The fraction of sp³-hybridized carbons (Fsp3) is 0.500. The molecule has 0 spiro atoms. The number of nitrogens with one attached hydrogen (secondary N) is 2. The van der Waals surface area contributed by atoms with Crippen LogP contribution in [0.3, 0.4) is 0 Å². The Bertz CT molecular complexity index is 299. The highest BCUT2D eigenvalue weighted by Gasteiger charge is 2.13. The first-order valence-corrected chi connectivity index (χ1v) is 4.84. The van der Waals surface area contributed by atoms with Gasteiger partial charge in [-0.3, -0.25) is 14.4 Å². The Morgan fingerprint density at radius 1 is 1.31 bits per heavy atom. The van der Waals surface area contributed by atoms with E-state index in [-0.39, 0.29) is 18.7 Å². The minimum absolute atomic E-state index is 0.214. The van der Waals surface area contributed by atoms with Gasteiger partial charge in [0.25, 0.3) is 0 Å². The van der Waals surface area contributed by atoms with Crippen molar-refractivity contribution in [3.05, 3.63) is 12.2 Å². The molecule has 0 aliphatic rings. The second-order valence-electron chi connectivity index (χ2n) is 3.20. The number of ketones is 1. The first-order chi connectivity index (χ1) is 7.47. The summed E-state index contributed by atoms with van der Waals surface area (Å²) in [6.45, 7) is 1.57. The van der Waals surface area contributed by atoms with E-state index in [0.29, 0.717) is 0 Å². The van der Waals surface area contributed by atoms with Gasteiger partial charge in [-0.1, -0.05) is 0 Å². The summed E-state index contributed by atoms with van der Waals surface area (Å²) in [4.78, 5) is 32.2. The number of carbonyl (C=O) groups excluding carboxylic acids is 2. The molecule has 3 N–H and O–H groups in total. The third-order valence-electron chi connectivity index (χ3n) is 1.85. The topological polar surface area (TPSA) is 95.5 Å². The van der Waals surface area contributed by atoms with E-state index in [1.807, 2.05) is 0 Å². The van der Waals surface area contributed by atoms with Crippen molar-refractivity contribution >= 4 is 17.7 Å². The molecular weight excluding hydrogens is 212 g/mol. The highest BCUT2D eigenvalue weighted by molar-refractivity contribution is 5.96. The van der Waals surface area contributed by atoms with Gasteiger partial charge in [-0.15, -0.1) is 0 Å². The standard InChI is InChI=1S/C10H16N2O4/c1-7(13)3-4-9(14)12-6-5-8(11-2)10(15)16/h3-4,8,11H,5-6H2,1-2H3,(H,12,14)(H,15,16)/b4-3+/t8-/m1/s1. The average Bonchev–Trinajstić information content (AvgIpc) is 2.20. The van der Waals surface area contributed by atoms with Crippen LogP contribution >= 0.6 is 0 Å². The molecule has 0 aromatic heterocycles. The summed E-state index contributed by atoms with van der Waals surface area (Å²) in [6.07, 6.45) is 2.56. The van der Waals surface area contributed by atoms with Crippen molar-refractivity contribution in [3.8, 4) is 0 Å². The van der Waals surface area contributed by atoms with Gasteiger partial charge in [0.2, 0.25) is 5.91 Å². The van der Waals surface area contributed by atoms with E-state index < -0.39 is 17.9 Å². The molecule has 0 aliphatic heterocycles. The lowest BCUT2D eigenvalue weighted by Crippen LogP contribution is -2.37. The smallest absolute Gasteiger partial charge is 0.320 e. The monoisotopic (exact) mass is 228 g/mol. The Kier molecular flexibility index (Phi) is 6.78. The quantitative estimate of drug-likeness (QED) is 0.501. The summed E-state index contributed by atoms with van der Waals surface area (Å²) in [5.74, 6) is -1.58. The zero-order valence-corrected chi connectivity index (χ0v) is 9.32. The molecule has 1 atom stereocenters. The van der Waals surface area contributed by atoms with Crippen LogP contribution < -0.4 is 10.6 Å². The Morgan fingerprint density at radius 2 is 1.94 bits per heavy atom. The zero-order valence-electron chi connectivity index (χ0n) is 9.32. The van der Waals surface area contributed by atoms with Crippen molar-refractivity contribution in [1.82, 2.24) is 10.6 Å². The second-order valence-corrected chi connectivity index (χ2v) is 3.20.